The Balaban J connectivity index is 2.06. The second kappa shape index (κ2) is 5.27. The summed E-state index contributed by atoms with van der Waals surface area (Å²) >= 11 is 0. The molecule has 0 spiro atoms. The van der Waals surface area contributed by atoms with Crippen LogP contribution in [0.25, 0.3) is 0 Å². The molecule has 1 aromatic carbocycles. The fourth-order valence-electron chi connectivity index (χ4n) is 2.22. The van der Waals surface area contributed by atoms with Gasteiger partial charge in [-0.25, -0.2) is 4.39 Å². The highest BCUT2D eigenvalue weighted by molar-refractivity contribution is 5.76. The molecule has 0 amide bonds. The summed E-state index contributed by atoms with van der Waals surface area (Å²) in [4.78, 5) is 13.4. The molecule has 1 aliphatic heterocycles. The van der Waals surface area contributed by atoms with Gasteiger partial charge in [0, 0.05) is 19.5 Å². The Morgan fingerprint density at radius 2 is 2.18 bits per heavy atom. The van der Waals surface area contributed by atoms with Crippen molar-refractivity contribution in [1.82, 2.24) is 4.90 Å². The molecule has 3 nitrogen and oxygen atoms in total. The van der Waals surface area contributed by atoms with Crippen LogP contribution in [-0.4, -0.2) is 36.7 Å². The molecule has 17 heavy (non-hydrogen) atoms. The monoisotopic (exact) mass is 237 g/mol. The van der Waals surface area contributed by atoms with Crippen molar-refractivity contribution in [1.29, 1.82) is 0 Å². The minimum atomic E-state index is -0.942. The normalized spacial score (nSPS) is 24.8. The molecule has 2 rings (SSSR count). The van der Waals surface area contributed by atoms with Gasteiger partial charge in [-0.05, 0) is 5.56 Å². The number of methoxy groups -OCH3 is 1. The molecule has 1 fully saturated rings. The van der Waals surface area contributed by atoms with E-state index >= 15 is 0 Å². The number of alkyl halides is 1. The highest BCUT2D eigenvalue weighted by Gasteiger charge is 2.37. The lowest BCUT2D eigenvalue weighted by atomic mass is 10.2. The van der Waals surface area contributed by atoms with E-state index < -0.39 is 12.2 Å². The third-order valence-electron chi connectivity index (χ3n) is 3.05. The number of carbonyl (C=O) groups excluding carboxylic acids is 1. The minimum absolute atomic E-state index is 0.236. The molecule has 0 aromatic heterocycles. The number of nitrogens with zero attached hydrogens (tertiary/aromatic N) is 1. The fourth-order valence-corrected chi connectivity index (χ4v) is 2.22. The molecule has 92 valence electrons. The standard InChI is InChI=1S/C13H16FNO2/c1-17-13(16)12-7-11(14)9-15(12)8-10-5-3-2-4-6-10/h2-6,11-12H,7-9H2,1H3/t11-,12?/m0/s1. The van der Waals surface area contributed by atoms with E-state index in [4.69, 9.17) is 4.74 Å². The van der Waals surface area contributed by atoms with Gasteiger partial charge in [-0.1, -0.05) is 30.3 Å². The van der Waals surface area contributed by atoms with Gasteiger partial charge in [0.25, 0.3) is 0 Å². The number of benzene rings is 1. The minimum Gasteiger partial charge on any atom is -0.468 e. The summed E-state index contributed by atoms with van der Waals surface area (Å²) < 4.78 is 18.1. The van der Waals surface area contributed by atoms with E-state index in [1.165, 1.54) is 7.11 Å². The summed E-state index contributed by atoms with van der Waals surface area (Å²) in [6.07, 6.45) is -0.706. The third kappa shape index (κ3) is 2.82. The first-order chi connectivity index (χ1) is 8.20. The van der Waals surface area contributed by atoms with Crippen molar-refractivity contribution in [2.75, 3.05) is 13.7 Å². The van der Waals surface area contributed by atoms with Crippen molar-refractivity contribution < 1.29 is 13.9 Å². The third-order valence-corrected chi connectivity index (χ3v) is 3.05. The average molecular weight is 237 g/mol. The number of hydrogen-bond donors (Lipinski definition) is 0. The van der Waals surface area contributed by atoms with E-state index in [2.05, 4.69) is 0 Å². The van der Waals surface area contributed by atoms with Crippen LogP contribution < -0.4 is 0 Å². The Bertz CT molecular complexity index is 382. The smallest absolute Gasteiger partial charge is 0.323 e. The number of carbonyl (C=O) groups is 1. The molecule has 1 aromatic rings. The largest absolute Gasteiger partial charge is 0.468 e. The second-order valence-corrected chi connectivity index (χ2v) is 4.29. The molecule has 0 bridgehead atoms. The zero-order chi connectivity index (χ0) is 12.3. The van der Waals surface area contributed by atoms with E-state index in [9.17, 15) is 9.18 Å². The van der Waals surface area contributed by atoms with Crippen molar-refractivity contribution in [3.8, 4) is 0 Å². The maximum absolute atomic E-state index is 13.4. The molecule has 1 saturated heterocycles. The maximum Gasteiger partial charge on any atom is 0.323 e. The lowest BCUT2D eigenvalue weighted by Crippen LogP contribution is -2.36. The summed E-state index contributed by atoms with van der Waals surface area (Å²) in [5.74, 6) is -0.346. The van der Waals surface area contributed by atoms with Crippen molar-refractivity contribution in [3.63, 3.8) is 0 Å². The lowest BCUT2D eigenvalue weighted by molar-refractivity contribution is -0.146. The zero-order valence-corrected chi connectivity index (χ0v) is 9.80. The van der Waals surface area contributed by atoms with E-state index in [0.29, 0.717) is 13.1 Å². The molecule has 0 saturated carbocycles. The quantitative estimate of drug-likeness (QED) is 0.750. The number of esters is 1. The number of ether oxygens (including phenoxy) is 1. The number of rotatable bonds is 3. The first kappa shape index (κ1) is 12.0. The van der Waals surface area contributed by atoms with E-state index in [-0.39, 0.29) is 12.4 Å². The van der Waals surface area contributed by atoms with Gasteiger partial charge in [0.1, 0.15) is 12.2 Å². The summed E-state index contributed by atoms with van der Waals surface area (Å²) in [7, 11) is 1.34. The SMILES string of the molecule is COC(=O)C1C[C@H](F)CN1Cc1ccccc1. The fraction of sp³-hybridized carbons (Fsp3) is 0.462. The Morgan fingerprint density at radius 1 is 1.47 bits per heavy atom. The van der Waals surface area contributed by atoms with Gasteiger partial charge >= 0.3 is 5.97 Å². The van der Waals surface area contributed by atoms with Gasteiger partial charge in [0.2, 0.25) is 0 Å². The van der Waals surface area contributed by atoms with Crippen LogP contribution in [0.5, 0.6) is 0 Å². The molecular formula is C13H16FNO2. The van der Waals surface area contributed by atoms with Crippen molar-refractivity contribution in [2.24, 2.45) is 0 Å². The van der Waals surface area contributed by atoms with Crippen molar-refractivity contribution in [2.45, 2.75) is 25.2 Å². The molecule has 2 atom stereocenters. The van der Waals surface area contributed by atoms with Crippen LogP contribution in [0.1, 0.15) is 12.0 Å². The molecule has 1 aliphatic rings. The summed E-state index contributed by atoms with van der Waals surface area (Å²) in [6.45, 7) is 0.885. The van der Waals surface area contributed by atoms with Crippen LogP contribution in [0.2, 0.25) is 0 Å². The molecule has 1 unspecified atom stereocenters. The average Bonchev–Trinajstić information content (AvgIpc) is 2.70. The van der Waals surface area contributed by atoms with Crippen LogP contribution in [-0.2, 0) is 16.1 Å². The summed E-state index contributed by atoms with van der Waals surface area (Å²) in [6, 6.07) is 9.30. The molecule has 1 heterocycles. The Kier molecular flexibility index (Phi) is 3.74. The number of halogens is 1. The van der Waals surface area contributed by atoms with Crippen LogP contribution in [0.15, 0.2) is 30.3 Å². The first-order valence-corrected chi connectivity index (χ1v) is 5.70. The summed E-state index contributed by atoms with van der Waals surface area (Å²) in [5.41, 5.74) is 1.08. The van der Waals surface area contributed by atoms with E-state index in [1.807, 2.05) is 35.2 Å². The van der Waals surface area contributed by atoms with Gasteiger partial charge in [0.15, 0.2) is 0 Å². The van der Waals surface area contributed by atoms with Crippen LogP contribution in [0.3, 0.4) is 0 Å². The van der Waals surface area contributed by atoms with Crippen molar-refractivity contribution >= 4 is 5.97 Å². The summed E-state index contributed by atoms with van der Waals surface area (Å²) in [5, 5.41) is 0. The zero-order valence-electron chi connectivity index (χ0n) is 9.80. The predicted octanol–water partition coefficient (Wildman–Crippen LogP) is 1.77. The molecule has 4 heteroatoms. The van der Waals surface area contributed by atoms with E-state index in [1.54, 1.807) is 0 Å². The highest BCUT2D eigenvalue weighted by atomic mass is 19.1. The van der Waals surface area contributed by atoms with E-state index in [0.717, 1.165) is 5.56 Å². The van der Waals surface area contributed by atoms with Crippen LogP contribution >= 0.6 is 0 Å². The van der Waals surface area contributed by atoms with Gasteiger partial charge in [-0.3, -0.25) is 9.69 Å². The second-order valence-electron chi connectivity index (χ2n) is 4.29. The van der Waals surface area contributed by atoms with Crippen LogP contribution in [0, 0.1) is 0 Å². The lowest BCUT2D eigenvalue weighted by Gasteiger charge is -2.21. The Labute approximate surface area is 100 Å². The van der Waals surface area contributed by atoms with Gasteiger partial charge in [-0.15, -0.1) is 0 Å². The highest BCUT2D eigenvalue weighted by Crippen LogP contribution is 2.23. The molecule has 0 radical (unpaired) electrons. The van der Waals surface area contributed by atoms with Gasteiger partial charge in [-0.2, -0.15) is 0 Å². The predicted molar refractivity (Wildman–Crippen MR) is 62.2 cm³/mol. The Hall–Kier alpha value is -1.42. The first-order valence-electron chi connectivity index (χ1n) is 5.70. The topological polar surface area (TPSA) is 29.5 Å². The van der Waals surface area contributed by atoms with Gasteiger partial charge < -0.3 is 4.74 Å². The molecule has 0 aliphatic carbocycles. The molecular weight excluding hydrogens is 221 g/mol. The number of hydrogen-bond acceptors (Lipinski definition) is 3. The number of likely N-dealkylation sites (tertiary alicyclic amines) is 1. The van der Waals surface area contributed by atoms with Crippen LogP contribution in [0.4, 0.5) is 4.39 Å². The molecule has 0 N–H and O–H groups in total. The van der Waals surface area contributed by atoms with Crippen molar-refractivity contribution in [3.05, 3.63) is 35.9 Å². The Morgan fingerprint density at radius 3 is 2.82 bits per heavy atom. The van der Waals surface area contributed by atoms with Gasteiger partial charge in [0.05, 0.1) is 7.11 Å². The maximum atomic E-state index is 13.4.